The molecule has 0 saturated heterocycles. The molecule has 1 fully saturated rings. The second kappa shape index (κ2) is 5.71. The first-order chi connectivity index (χ1) is 8.80. The van der Waals surface area contributed by atoms with Gasteiger partial charge in [-0.05, 0) is 18.4 Å². The maximum Gasteiger partial charge on any atom is 0.191 e. The number of hydrogen-bond donors (Lipinski definition) is 2. The summed E-state index contributed by atoms with van der Waals surface area (Å²) in [5.74, 6) is 0.845. The number of rotatable bonds is 5. The zero-order valence-electron chi connectivity index (χ0n) is 10.9. The van der Waals surface area contributed by atoms with Crippen molar-refractivity contribution in [2.45, 2.75) is 18.3 Å². The fourth-order valence-corrected chi connectivity index (χ4v) is 2.15. The minimum Gasteiger partial charge on any atom is -0.356 e. The van der Waals surface area contributed by atoms with Crippen LogP contribution in [-0.2, 0) is 5.41 Å². The van der Waals surface area contributed by atoms with Gasteiger partial charge in [-0.15, -0.1) is 6.58 Å². The Morgan fingerprint density at radius 3 is 2.61 bits per heavy atom. The first-order valence-corrected chi connectivity index (χ1v) is 6.42. The van der Waals surface area contributed by atoms with E-state index in [0.29, 0.717) is 5.41 Å². The predicted octanol–water partition coefficient (Wildman–Crippen LogP) is 2.07. The minimum atomic E-state index is 0.313. The molecule has 0 heterocycles. The van der Waals surface area contributed by atoms with Gasteiger partial charge >= 0.3 is 0 Å². The van der Waals surface area contributed by atoms with Gasteiger partial charge in [-0.25, -0.2) is 0 Å². The van der Waals surface area contributed by atoms with Crippen molar-refractivity contribution in [2.75, 3.05) is 20.1 Å². The van der Waals surface area contributed by atoms with Crippen LogP contribution in [0.4, 0.5) is 0 Å². The molecule has 0 aliphatic heterocycles. The Bertz CT molecular complexity index is 419. The third-order valence-electron chi connectivity index (χ3n) is 3.47. The highest BCUT2D eigenvalue weighted by Gasteiger charge is 2.43. The van der Waals surface area contributed by atoms with E-state index in [9.17, 15) is 0 Å². The summed E-state index contributed by atoms with van der Waals surface area (Å²) in [5, 5.41) is 6.59. The van der Waals surface area contributed by atoms with Gasteiger partial charge in [0.05, 0.1) is 0 Å². The van der Waals surface area contributed by atoms with Gasteiger partial charge in [-0.2, -0.15) is 0 Å². The van der Waals surface area contributed by atoms with Crippen LogP contribution in [0.2, 0.25) is 0 Å². The standard InChI is InChI=1S/C15H21N3/c1-3-11-17-14(16-2)18-12-15(9-10-15)13-7-5-4-6-8-13/h3-8H,1,9-12H2,2H3,(H2,16,17,18). The van der Waals surface area contributed by atoms with Crippen molar-refractivity contribution in [3.05, 3.63) is 48.6 Å². The molecule has 0 unspecified atom stereocenters. The van der Waals surface area contributed by atoms with Gasteiger partial charge in [0, 0.05) is 25.6 Å². The smallest absolute Gasteiger partial charge is 0.191 e. The molecular weight excluding hydrogens is 222 g/mol. The summed E-state index contributed by atoms with van der Waals surface area (Å²) >= 11 is 0. The highest BCUT2D eigenvalue weighted by Crippen LogP contribution is 2.47. The average Bonchev–Trinajstić information content (AvgIpc) is 3.21. The lowest BCUT2D eigenvalue weighted by atomic mass is 9.96. The molecule has 2 rings (SSSR count). The number of aliphatic imine (C=N–C) groups is 1. The Morgan fingerprint density at radius 1 is 1.33 bits per heavy atom. The fourth-order valence-electron chi connectivity index (χ4n) is 2.15. The summed E-state index contributed by atoms with van der Waals surface area (Å²) in [6.45, 7) is 5.36. The normalized spacial score (nSPS) is 17.1. The van der Waals surface area contributed by atoms with Gasteiger partial charge in [0.25, 0.3) is 0 Å². The molecule has 1 saturated carbocycles. The topological polar surface area (TPSA) is 36.4 Å². The van der Waals surface area contributed by atoms with Gasteiger partial charge in [-0.1, -0.05) is 36.4 Å². The third-order valence-corrected chi connectivity index (χ3v) is 3.47. The van der Waals surface area contributed by atoms with Crippen LogP contribution in [0.15, 0.2) is 48.0 Å². The molecule has 0 atom stereocenters. The number of guanidine groups is 1. The summed E-state index contributed by atoms with van der Waals surface area (Å²) in [4.78, 5) is 4.20. The lowest BCUT2D eigenvalue weighted by Gasteiger charge is -2.18. The summed E-state index contributed by atoms with van der Waals surface area (Å²) in [5.41, 5.74) is 1.74. The van der Waals surface area contributed by atoms with Gasteiger partial charge < -0.3 is 10.6 Å². The predicted molar refractivity (Wildman–Crippen MR) is 76.9 cm³/mol. The first kappa shape index (κ1) is 12.7. The number of benzene rings is 1. The number of hydrogen-bond acceptors (Lipinski definition) is 1. The molecular formula is C15H21N3. The van der Waals surface area contributed by atoms with Gasteiger partial charge in [0.2, 0.25) is 0 Å². The molecule has 1 aliphatic carbocycles. The molecule has 1 aromatic rings. The quantitative estimate of drug-likeness (QED) is 0.472. The Labute approximate surface area is 109 Å². The van der Waals surface area contributed by atoms with E-state index >= 15 is 0 Å². The van der Waals surface area contributed by atoms with E-state index in [1.165, 1.54) is 18.4 Å². The van der Waals surface area contributed by atoms with Crippen LogP contribution in [0.5, 0.6) is 0 Å². The highest BCUT2D eigenvalue weighted by atomic mass is 15.2. The zero-order valence-corrected chi connectivity index (χ0v) is 10.9. The molecule has 3 heteroatoms. The SMILES string of the molecule is C=CCNC(=NC)NCC1(c2ccccc2)CC1. The molecule has 96 valence electrons. The van der Waals surface area contributed by atoms with Crippen molar-refractivity contribution < 1.29 is 0 Å². The van der Waals surface area contributed by atoms with Crippen molar-refractivity contribution in [1.29, 1.82) is 0 Å². The van der Waals surface area contributed by atoms with Crippen LogP contribution in [0, 0.1) is 0 Å². The lowest BCUT2D eigenvalue weighted by Crippen LogP contribution is -2.41. The molecule has 0 aromatic heterocycles. The largest absolute Gasteiger partial charge is 0.356 e. The van der Waals surface area contributed by atoms with E-state index in [0.717, 1.165) is 19.0 Å². The van der Waals surface area contributed by atoms with Gasteiger partial charge in [0.1, 0.15) is 0 Å². The Kier molecular flexibility index (Phi) is 4.03. The molecule has 1 aromatic carbocycles. The van der Waals surface area contributed by atoms with Gasteiger partial charge in [-0.3, -0.25) is 4.99 Å². The summed E-state index contributed by atoms with van der Waals surface area (Å²) in [7, 11) is 1.79. The molecule has 2 N–H and O–H groups in total. The summed E-state index contributed by atoms with van der Waals surface area (Å²) < 4.78 is 0. The molecule has 3 nitrogen and oxygen atoms in total. The average molecular weight is 243 g/mol. The van der Waals surface area contributed by atoms with Crippen molar-refractivity contribution in [3.63, 3.8) is 0 Å². The molecule has 1 aliphatic rings. The van der Waals surface area contributed by atoms with Crippen LogP contribution in [0.1, 0.15) is 18.4 Å². The Hall–Kier alpha value is -1.77. The second-order valence-electron chi connectivity index (χ2n) is 4.74. The fraction of sp³-hybridized carbons (Fsp3) is 0.400. The van der Waals surface area contributed by atoms with Crippen molar-refractivity contribution in [2.24, 2.45) is 4.99 Å². The van der Waals surface area contributed by atoms with Crippen LogP contribution >= 0.6 is 0 Å². The van der Waals surface area contributed by atoms with E-state index in [4.69, 9.17) is 0 Å². The van der Waals surface area contributed by atoms with E-state index in [1.807, 2.05) is 6.08 Å². The summed E-state index contributed by atoms with van der Waals surface area (Å²) in [6.07, 6.45) is 4.34. The van der Waals surface area contributed by atoms with Gasteiger partial charge in [0.15, 0.2) is 5.96 Å². The highest BCUT2D eigenvalue weighted by molar-refractivity contribution is 5.80. The maximum absolute atomic E-state index is 4.20. The van der Waals surface area contributed by atoms with Crippen molar-refractivity contribution in [3.8, 4) is 0 Å². The maximum atomic E-state index is 4.20. The molecule has 0 bridgehead atoms. The van der Waals surface area contributed by atoms with E-state index in [2.05, 4.69) is 52.5 Å². The van der Waals surface area contributed by atoms with E-state index in [1.54, 1.807) is 7.05 Å². The van der Waals surface area contributed by atoms with Crippen molar-refractivity contribution in [1.82, 2.24) is 10.6 Å². The zero-order chi connectivity index (χ0) is 12.8. The number of nitrogens with one attached hydrogen (secondary N) is 2. The Morgan fingerprint density at radius 2 is 2.06 bits per heavy atom. The summed E-state index contributed by atoms with van der Waals surface area (Å²) in [6, 6.07) is 10.7. The number of nitrogens with zero attached hydrogens (tertiary/aromatic N) is 1. The molecule has 0 spiro atoms. The van der Waals surface area contributed by atoms with Crippen molar-refractivity contribution >= 4 is 5.96 Å². The van der Waals surface area contributed by atoms with Crippen LogP contribution in [-0.4, -0.2) is 26.1 Å². The minimum absolute atomic E-state index is 0.313. The van der Waals surface area contributed by atoms with E-state index in [-0.39, 0.29) is 0 Å². The molecule has 0 radical (unpaired) electrons. The third kappa shape index (κ3) is 2.92. The monoisotopic (exact) mass is 243 g/mol. The van der Waals surface area contributed by atoms with E-state index < -0.39 is 0 Å². The first-order valence-electron chi connectivity index (χ1n) is 6.42. The second-order valence-corrected chi connectivity index (χ2v) is 4.74. The molecule has 18 heavy (non-hydrogen) atoms. The van der Waals surface area contributed by atoms with Crippen LogP contribution < -0.4 is 10.6 Å². The van der Waals surface area contributed by atoms with Crippen LogP contribution in [0.3, 0.4) is 0 Å². The Balaban J connectivity index is 1.92. The van der Waals surface area contributed by atoms with Crippen LogP contribution in [0.25, 0.3) is 0 Å². The lowest BCUT2D eigenvalue weighted by molar-refractivity contribution is 0.649. The molecule has 0 amide bonds.